The molecule has 7 heteroatoms. The van der Waals surface area contributed by atoms with Gasteiger partial charge in [0, 0.05) is 29.5 Å². The second-order valence-electron chi connectivity index (χ2n) is 6.81. The van der Waals surface area contributed by atoms with E-state index in [1.807, 2.05) is 30.0 Å². The second kappa shape index (κ2) is 7.94. The molecular formula is C21H20ClN5O. The van der Waals surface area contributed by atoms with Crippen LogP contribution in [0.2, 0.25) is 5.02 Å². The van der Waals surface area contributed by atoms with E-state index >= 15 is 0 Å². The molecule has 1 fully saturated rings. The number of hydrogen-bond donors (Lipinski definition) is 1. The summed E-state index contributed by atoms with van der Waals surface area (Å²) < 4.78 is 0. The van der Waals surface area contributed by atoms with Crippen molar-refractivity contribution in [2.24, 2.45) is 0 Å². The highest BCUT2D eigenvalue weighted by Crippen LogP contribution is 2.32. The molecule has 0 bridgehead atoms. The van der Waals surface area contributed by atoms with Crippen LogP contribution in [0.5, 0.6) is 0 Å². The molecular weight excluding hydrogens is 374 g/mol. The number of hydrogen-bond acceptors (Lipinski definition) is 5. The first-order valence-corrected chi connectivity index (χ1v) is 9.57. The molecule has 1 amide bonds. The summed E-state index contributed by atoms with van der Waals surface area (Å²) in [7, 11) is 0. The Morgan fingerprint density at radius 1 is 1.14 bits per heavy atom. The number of carbonyl (C=O) groups is 1. The largest absolute Gasteiger partial charge is 0.330 e. The molecule has 142 valence electrons. The predicted molar refractivity (Wildman–Crippen MR) is 109 cm³/mol. The van der Waals surface area contributed by atoms with Gasteiger partial charge in [0.05, 0.1) is 11.7 Å². The molecule has 4 rings (SSSR count). The van der Waals surface area contributed by atoms with Crippen molar-refractivity contribution in [2.75, 3.05) is 11.9 Å². The molecule has 1 aliphatic rings. The maximum atomic E-state index is 13.0. The number of rotatable bonds is 4. The lowest BCUT2D eigenvalue weighted by molar-refractivity contribution is 0.0733. The van der Waals surface area contributed by atoms with Crippen molar-refractivity contribution >= 4 is 29.3 Å². The van der Waals surface area contributed by atoms with E-state index in [9.17, 15) is 4.79 Å². The molecule has 0 radical (unpaired) electrons. The Bertz CT molecular complexity index is 975. The lowest BCUT2D eigenvalue weighted by Crippen LogP contribution is -2.31. The Kier molecular flexibility index (Phi) is 5.21. The number of nitrogens with one attached hydrogen (secondary N) is 1. The van der Waals surface area contributed by atoms with Crippen molar-refractivity contribution in [1.29, 1.82) is 0 Å². The number of aromatic nitrogens is 3. The smallest absolute Gasteiger partial charge is 0.254 e. The Labute approximate surface area is 168 Å². The van der Waals surface area contributed by atoms with Crippen LogP contribution in [0, 0.1) is 6.92 Å². The highest BCUT2D eigenvalue weighted by atomic mass is 35.5. The van der Waals surface area contributed by atoms with Crippen LogP contribution in [0.4, 0.5) is 11.8 Å². The van der Waals surface area contributed by atoms with Gasteiger partial charge in [-0.2, -0.15) is 0 Å². The summed E-state index contributed by atoms with van der Waals surface area (Å²) in [6.07, 6.45) is 5.31. The van der Waals surface area contributed by atoms with Gasteiger partial charge in [-0.15, -0.1) is 0 Å². The third kappa shape index (κ3) is 3.97. The first-order chi connectivity index (χ1) is 13.6. The van der Waals surface area contributed by atoms with Crippen LogP contribution in [0.25, 0.3) is 0 Å². The molecule has 1 N–H and O–H groups in total. The first kappa shape index (κ1) is 18.4. The van der Waals surface area contributed by atoms with Crippen LogP contribution in [0.15, 0.2) is 54.9 Å². The lowest BCUT2D eigenvalue weighted by atomic mass is 10.1. The quantitative estimate of drug-likeness (QED) is 0.703. The third-order valence-corrected chi connectivity index (χ3v) is 5.03. The molecule has 1 saturated heterocycles. The van der Waals surface area contributed by atoms with Gasteiger partial charge in [-0.05, 0) is 61.7 Å². The van der Waals surface area contributed by atoms with Gasteiger partial charge in [-0.1, -0.05) is 17.7 Å². The summed E-state index contributed by atoms with van der Waals surface area (Å²) in [6.45, 7) is 2.69. The zero-order valence-corrected chi connectivity index (χ0v) is 16.2. The van der Waals surface area contributed by atoms with Gasteiger partial charge in [-0.25, -0.2) is 15.0 Å². The van der Waals surface area contributed by atoms with E-state index in [4.69, 9.17) is 11.6 Å². The van der Waals surface area contributed by atoms with Crippen LogP contribution in [-0.4, -0.2) is 32.3 Å². The molecule has 0 saturated carbocycles. The minimum Gasteiger partial charge on any atom is -0.330 e. The average molecular weight is 394 g/mol. The zero-order chi connectivity index (χ0) is 19.5. The lowest BCUT2D eigenvalue weighted by Gasteiger charge is -2.24. The molecule has 6 nitrogen and oxygen atoms in total. The molecule has 0 spiro atoms. The van der Waals surface area contributed by atoms with E-state index in [0.717, 1.165) is 24.1 Å². The van der Waals surface area contributed by atoms with Crippen molar-refractivity contribution < 1.29 is 4.79 Å². The fourth-order valence-electron chi connectivity index (χ4n) is 3.35. The van der Waals surface area contributed by atoms with E-state index in [1.54, 1.807) is 36.7 Å². The van der Waals surface area contributed by atoms with E-state index in [1.165, 1.54) is 0 Å². The standard InChI is InChI=1S/C21H20ClN5O/c1-14-4-9-19(24-13-14)26-21-23-11-10-17(25-21)18-3-2-12-27(18)20(28)15-5-7-16(22)8-6-15/h4-11,13,18H,2-3,12H2,1H3,(H,23,24,25,26)/t18-/m1/s1. The van der Waals surface area contributed by atoms with Crippen LogP contribution >= 0.6 is 11.6 Å². The van der Waals surface area contributed by atoms with Gasteiger partial charge >= 0.3 is 0 Å². The van der Waals surface area contributed by atoms with E-state index in [-0.39, 0.29) is 11.9 Å². The number of carbonyl (C=O) groups excluding carboxylic acids is 1. The van der Waals surface area contributed by atoms with Crippen molar-refractivity contribution in [1.82, 2.24) is 19.9 Å². The van der Waals surface area contributed by atoms with Crippen molar-refractivity contribution in [3.8, 4) is 0 Å². The average Bonchev–Trinajstić information content (AvgIpc) is 3.20. The van der Waals surface area contributed by atoms with Crippen LogP contribution in [0.3, 0.4) is 0 Å². The van der Waals surface area contributed by atoms with E-state index < -0.39 is 0 Å². The summed E-state index contributed by atoms with van der Waals surface area (Å²) in [6, 6.07) is 12.7. The number of amides is 1. The number of nitrogens with zero attached hydrogens (tertiary/aromatic N) is 4. The Morgan fingerprint density at radius 2 is 1.96 bits per heavy atom. The van der Waals surface area contributed by atoms with Gasteiger partial charge in [-0.3, -0.25) is 4.79 Å². The van der Waals surface area contributed by atoms with Crippen LogP contribution in [-0.2, 0) is 0 Å². The zero-order valence-electron chi connectivity index (χ0n) is 15.5. The monoisotopic (exact) mass is 393 g/mol. The Hall–Kier alpha value is -2.99. The minimum atomic E-state index is -0.0716. The Morgan fingerprint density at radius 3 is 2.71 bits per heavy atom. The summed E-state index contributed by atoms with van der Waals surface area (Å²) in [5.74, 6) is 1.15. The number of pyridine rings is 1. The van der Waals surface area contributed by atoms with Crippen molar-refractivity contribution in [2.45, 2.75) is 25.8 Å². The molecule has 0 aliphatic carbocycles. The Balaban J connectivity index is 1.55. The molecule has 28 heavy (non-hydrogen) atoms. The third-order valence-electron chi connectivity index (χ3n) is 4.77. The van der Waals surface area contributed by atoms with Gasteiger partial charge < -0.3 is 10.2 Å². The molecule has 3 aromatic rings. The molecule has 1 atom stereocenters. The number of halogens is 1. The highest BCUT2D eigenvalue weighted by Gasteiger charge is 2.31. The summed E-state index contributed by atoms with van der Waals surface area (Å²) in [4.78, 5) is 28.1. The normalized spacial score (nSPS) is 16.2. The summed E-state index contributed by atoms with van der Waals surface area (Å²) >= 11 is 5.94. The molecule has 1 aromatic carbocycles. The van der Waals surface area contributed by atoms with Gasteiger partial charge in [0.25, 0.3) is 5.91 Å². The fraction of sp³-hybridized carbons (Fsp3) is 0.238. The van der Waals surface area contributed by atoms with Crippen molar-refractivity contribution in [3.05, 3.63) is 76.7 Å². The van der Waals surface area contributed by atoms with Crippen LogP contribution in [0.1, 0.15) is 40.5 Å². The van der Waals surface area contributed by atoms with E-state index in [0.29, 0.717) is 28.9 Å². The molecule has 0 unspecified atom stereocenters. The topological polar surface area (TPSA) is 71.0 Å². The van der Waals surface area contributed by atoms with Gasteiger partial charge in [0.15, 0.2) is 0 Å². The number of aryl methyl sites for hydroxylation is 1. The molecule has 3 heterocycles. The summed E-state index contributed by atoms with van der Waals surface area (Å²) in [5, 5.41) is 3.74. The highest BCUT2D eigenvalue weighted by molar-refractivity contribution is 6.30. The number of benzene rings is 1. The molecule has 1 aliphatic heterocycles. The van der Waals surface area contributed by atoms with Gasteiger partial charge in [0.2, 0.25) is 5.95 Å². The first-order valence-electron chi connectivity index (χ1n) is 9.19. The van der Waals surface area contributed by atoms with Crippen molar-refractivity contribution in [3.63, 3.8) is 0 Å². The minimum absolute atomic E-state index is 0.00695. The van der Waals surface area contributed by atoms with E-state index in [2.05, 4.69) is 20.3 Å². The molecule has 2 aromatic heterocycles. The summed E-state index contributed by atoms with van der Waals surface area (Å²) in [5.41, 5.74) is 2.54. The number of anilines is 2. The van der Waals surface area contributed by atoms with Gasteiger partial charge in [0.1, 0.15) is 5.82 Å². The maximum Gasteiger partial charge on any atom is 0.254 e. The fourth-order valence-corrected chi connectivity index (χ4v) is 3.48. The number of likely N-dealkylation sites (tertiary alicyclic amines) is 1. The SMILES string of the molecule is Cc1ccc(Nc2nccc([C@H]3CCCN3C(=O)c3ccc(Cl)cc3)n2)nc1. The second-order valence-corrected chi connectivity index (χ2v) is 7.25. The predicted octanol–water partition coefficient (Wildman–Crippen LogP) is 4.55. The van der Waals surface area contributed by atoms with Crippen LogP contribution < -0.4 is 5.32 Å². The maximum absolute atomic E-state index is 13.0.